The van der Waals surface area contributed by atoms with Crippen molar-refractivity contribution >= 4 is 31.8 Å². The van der Waals surface area contributed by atoms with Gasteiger partial charge < -0.3 is 5.43 Å². The summed E-state index contributed by atoms with van der Waals surface area (Å²) in [6.07, 6.45) is 2.23. The Labute approximate surface area is 122 Å². The summed E-state index contributed by atoms with van der Waals surface area (Å²) in [7, 11) is -3.63. The Bertz CT molecular complexity index is 535. The third-order valence-electron chi connectivity index (χ3n) is 2.94. The average Bonchev–Trinajstić information content (AvgIpc) is 2.38. The van der Waals surface area contributed by atoms with E-state index < -0.39 is 10.0 Å². The lowest BCUT2D eigenvalue weighted by molar-refractivity contribution is 0.342. The molecule has 3 N–H and O–H groups in total. The number of nitrogens with two attached hydrogens (primary N) is 1. The first-order chi connectivity index (χ1) is 8.88. The van der Waals surface area contributed by atoms with Gasteiger partial charge in [-0.05, 0) is 35.3 Å². The van der Waals surface area contributed by atoms with Crippen LogP contribution in [0.5, 0.6) is 0 Å². The lowest BCUT2D eigenvalue weighted by Gasteiger charge is -2.26. The van der Waals surface area contributed by atoms with E-state index in [1.165, 1.54) is 16.6 Å². The third-order valence-corrected chi connectivity index (χ3v) is 5.47. The monoisotopic (exact) mass is 350 g/mol. The number of nitrogen functional groups attached to an aromatic ring is 1. The zero-order chi connectivity index (χ0) is 14.6. The van der Waals surface area contributed by atoms with Crippen LogP contribution in [0.2, 0.25) is 0 Å². The van der Waals surface area contributed by atoms with Crippen LogP contribution in [0, 0.1) is 0 Å². The fraction of sp³-hybridized carbons (Fsp3) is 0.545. The van der Waals surface area contributed by atoms with E-state index in [4.69, 9.17) is 5.84 Å². The summed E-state index contributed by atoms with van der Waals surface area (Å²) in [5.74, 6) is 5.48. The average molecular weight is 351 g/mol. The van der Waals surface area contributed by atoms with Crippen LogP contribution in [0.1, 0.15) is 27.2 Å². The number of nitrogens with zero attached hydrogens (tertiary/aromatic N) is 2. The highest BCUT2D eigenvalue weighted by molar-refractivity contribution is 9.10. The highest BCUT2D eigenvalue weighted by Gasteiger charge is 2.29. The van der Waals surface area contributed by atoms with Gasteiger partial charge in [0.2, 0.25) is 10.0 Å². The molecule has 0 aromatic carbocycles. The molecular formula is C11H19BrN4O2S. The number of hydrogen-bond acceptors (Lipinski definition) is 5. The van der Waals surface area contributed by atoms with Crippen molar-refractivity contribution in [1.82, 2.24) is 9.29 Å². The Balaban J connectivity index is 3.37. The summed E-state index contributed by atoms with van der Waals surface area (Å²) < 4.78 is 27.4. The van der Waals surface area contributed by atoms with Crippen LogP contribution in [0.15, 0.2) is 21.6 Å². The van der Waals surface area contributed by atoms with Gasteiger partial charge in [0.15, 0.2) is 5.82 Å². The summed E-state index contributed by atoms with van der Waals surface area (Å²) in [6.45, 7) is 6.03. The van der Waals surface area contributed by atoms with Crippen molar-refractivity contribution in [3.63, 3.8) is 0 Å². The minimum atomic E-state index is -3.63. The molecule has 0 fully saturated rings. The van der Waals surface area contributed by atoms with E-state index >= 15 is 0 Å². The Morgan fingerprint density at radius 2 is 2.16 bits per heavy atom. The molecule has 0 radical (unpaired) electrons. The number of rotatable bonds is 6. The van der Waals surface area contributed by atoms with E-state index in [1.54, 1.807) is 0 Å². The summed E-state index contributed by atoms with van der Waals surface area (Å²) in [4.78, 5) is 4.05. The molecule has 0 saturated carbocycles. The molecule has 1 atom stereocenters. The quantitative estimate of drug-likeness (QED) is 0.604. The molecule has 108 valence electrons. The molecule has 1 rings (SSSR count). The summed E-state index contributed by atoms with van der Waals surface area (Å²) >= 11 is 3.23. The Morgan fingerprint density at radius 1 is 1.53 bits per heavy atom. The van der Waals surface area contributed by atoms with Gasteiger partial charge in [-0.3, -0.25) is 0 Å². The van der Waals surface area contributed by atoms with Gasteiger partial charge in [-0.25, -0.2) is 19.2 Å². The predicted molar refractivity (Wildman–Crippen MR) is 79.1 cm³/mol. The maximum absolute atomic E-state index is 12.7. The topological polar surface area (TPSA) is 88.3 Å². The minimum Gasteiger partial charge on any atom is -0.307 e. The summed E-state index contributed by atoms with van der Waals surface area (Å²) in [5.41, 5.74) is 2.33. The second-order valence-corrected chi connectivity index (χ2v) is 6.88. The molecule has 0 amide bonds. The summed E-state index contributed by atoms with van der Waals surface area (Å²) in [5, 5.41) is 0. The van der Waals surface area contributed by atoms with E-state index in [9.17, 15) is 8.42 Å². The first kappa shape index (κ1) is 16.4. The minimum absolute atomic E-state index is 0.0755. The standard InChI is InChI=1S/C11H19BrN4O2S/c1-4-8(3)16(5-2)19(17,18)10-6-9(12)7-14-11(10)15-13/h6-8H,4-5,13H2,1-3H3,(H,14,15). The second-order valence-electron chi connectivity index (χ2n) is 4.11. The van der Waals surface area contributed by atoms with Gasteiger partial charge in [0.25, 0.3) is 0 Å². The van der Waals surface area contributed by atoms with Gasteiger partial charge >= 0.3 is 0 Å². The highest BCUT2D eigenvalue weighted by Crippen LogP contribution is 2.27. The molecule has 6 nitrogen and oxygen atoms in total. The van der Waals surface area contributed by atoms with Crippen LogP contribution < -0.4 is 11.3 Å². The Hall–Kier alpha value is -0.700. The van der Waals surface area contributed by atoms with Crippen molar-refractivity contribution in [2.24, 2.45) is 5.84 Å². The van der Waals surface area contributed by atoms with E-state index in [1.807, 2.05) is 20.8 Å². The summed E-state index contributed by atoms with van der Waals surface area (Å²) in [6, 6.07) is 1.42. The Kier molecular flexibility index (Phi) is 5.72. The molecule has 1 unspecified atom stereocenters. The molecule has 1 heterocycles. The number of anilines is 1. The van der Waals surface area contributed by atoms with Gasteiger partial charge in [-0.2, -0.15) is 4.31 Å². The zero-order valence-corrected chi connectivity index (χ0v) is 13.6. The molecule has 1 aromatic heterocycles. The van der Waals surface area contributed by atoms with Crippen molar-refractivity contribution < 1.29 is 8.42 Å². The van der Waals surface area contributed by atoms with Crippen molar-refractivity contribution in [1.29, 1.82) is 0 Å². The van der Waals surface area contributed by atoms with Gasteiger partial charge in [0.05, 0.1) is 0 Å². The molecule has 0 aliphatic carbocycles. The number of sulfonamides is 1. The normalized spacial score (nSPS) is 13.6. The van der Waals surface area contributed by atoms with Gasteiger partial charge in [-0.15, -0.1) is 0 Å². The molecule has 0 bridgehead atoms. The molecular weight excluding hydrogens is 332 g/mol. The van der Waals surface area contributed by atoms with Crippen LogP contribution in [0.4, 0.5) is 5.82 Å². The maximum Gasteiger partial charge on any atom is 0.247 e. The molecule has 0 spiro atoms. The lowest BCUT2D eigenvalue weighted by Crippen LogP contribution is -2.38. The number of aromatic nitrogens is 1. The SMILES string of the molecule is CCC(C)N(CC)S(=O)(=O)c1cc(Br)cnc1NN. The maximum atomic E-state index is 12.7. The van der Waals surface area contributed by atoms with Crippen molar-refractivity contribution in [3.8, 4) is 0 Å². The van der Waals surface area contributed by atoms with Gasteiger partial charge in [0.1, 0.15) is 4.90 Å². The van der Waals surface area contributed by atoms with E-state index in [2.05, 4.69) is 26.3 Å². The number of halogens is 1. The smallest absolute Gasteiger partial charge is 0.247 e. The fourth-order valence-electron chi connectivity index (χ4n) is 1.77. The predicted octanol–water partition coefficient (Wildman–Crippen LogP) is 1.94. The van der Waals surface area contributed by atoms with E-state index in [-0.39, 0.29) is 16.8 Å². The largest absolute Gasteiger partial charge is 0.307 e. The second kappa shape index (κ2) is 6.65. The van der Waals surface area contributed by atoms with Crippen LogP contribution in [0.25, 0.3) is 0 Å². The number of hydrogen-bond donors (Lipinski definition) is 2. The van der Waals surface area contributed by atoms with Gasteiger partial charge in [0, 0.05) is 23.3 Å². The molecule has 8 heteroatoms. The molecule has 0 saturated heterocycles. The third kappa shape index (κ3) is 3.44. The molecule has 0 aliphatic heterocycles. The van der Waals surface area contributed by atoms with E-state index in [0.717, 1.165) is 6.42 Å². The fourth-order valence-corrected chi connectivity index (χ4v) is 4.10. The molecule has 0 aliphatic rings. The van der Waals surface area contributed by atoms with Crippen LogP contribution in [-0.4, -0.2) is 30.3 Å². The Morgan fingerprint density at radius 3 is 2.63 bits per heavy atom. The van der Waals surface area contributed by atoms with Crippen molar-refractivity contribution in [3.05, 3.63) is 16.7 Å². The van der Waals surface area contributed by atoms with Crippen molar-refractivity contribution in [2.45, 2.75) is 38.1 Å². The molecule has 1 aromatic rings. The first-order valence-electron chi connectivity index (χ1n) is 6.02. The number of hydrazine groups is 1. The number of nitrogens with one attached hydrogen (secondary N) is 1. The number of pyridine rings is 1. The van der Waals surface area contributed by atoms with Crippen LogP contribution >= 0.6 is 15.9 Å². The lowest BCUT2D eigenvalue weighted by atomic mass is 10.3. The van der Waals surface area contributed by atoms with Crippen molar-refractivity contribution in [2.75, 3.05) is 12.0 Å². The van der Waals surface area contributed by atoms with Crippen LogP contribution in [-0.2, 0) is 10.0 Å². The first-order valence-corrected chi connectivity index (χ1v) is 8.25. The van der Waals surface area contributed by atoms with E-state index in [0.29, 0.717) is 11.0 Å². The zero-order valence-electron chi connectivity index (χ0n) is 11.2. The van der Waals surface area contributed by atoms with Gasteiger partial charge in [-0.1, -0.05) is 13.8 Å². The van der Waals surface area contributed by atoms with Crippen LogP contribution in [0.3, 0.4) is 0 Å². The molecule has 19 heavy (non-hydrogen) atoms. The highest BCUT2D eigenvalue weighted by atomic mass is 79.9.